The van der Waals surface area contributed by atoms with Gasteiger partial charge in [0.25, 0.3) is 0 Å². The normalized spacial score (nSPS) is 23.1. The second-order valence-electron chi connectivity index (χ2n) is 8.31. The van der Waals surface area contributed by atoms with E-state index in [9.17, 15) is 0 Å². The van der Waals surface area contributed by atoms with E-state index in [-0.39, 0.29) is 5.60 Å². The van der Waals surface area contributed by atoms with Crippen molar-refractivity contribution < 1.29 is 14.2 Å². The van der Waals surface area contributed by atoms with Crippen LogP contribution in [0.25, 0.3) is 0 Å². The van der Waals surface area contributed by atoms with Gasteiger partial charge in [0.1, 0.15) is 0 Å². The first kappa shape index (κ1) is 18.9. The molecule has 3 heteroatoms. The minimum atomic E-state index is -0.0402. The van der Waals surface area contributed by atoms with Gasteiger partial charge in [-0.1, -0.05) is 20.8 Å². The molecule has 0 saturated heterocycles. The van der Waals surface area contributed by atoms with Crippen LogP contribution in [0.15, 0.2) is 0 Å². The second kappa shape index (κ2) is 8.50. The van der Waals surface area contributed by atoms with Gasteiger partial charge in [0.15, 0.2) is 0 Å². The van der Waals surface area contributed by atoms with Crippen LogP contribution in [0, 0.1) is 11.3 Å². The highest BCUT2D eigenvalue weighted by Crippen LogP contribution is 2.42. The summed E-state index contributed by atoms with van der Waals surface area (Å²) in [4.78, 5) is 0. The minimum absolute atomic E-state index is 0.0402. The second-order valence-corrected chi connectivity index (χ2v) is 8.31. The van der Waals surface area contributed by atoms with Gasteiger partial charge < -0.3 is 14.2 Å². The molecule has 0 bridgehead atoms. The lowest BCUT2D eigenvalue weighted by atomic mass is 9.67. The standard InChI is InChI=1S/C18H36O3/c1-17(2,3)15-13-16(14-15)20-11-7-9-19-10-8-12-21-18(4,5)6/h15-16H,7-14H2,1-6H3. The highest BCUT2D eigenvalue weighted by molar-refractivity contribution is 4.87. The summed E-state index contributed by atoms with van der Waals surface area (Å²) in [7, 11) is 0. The third-order valence-electron chi connectivity index (χ3n) is 4.07. The fourth-order valence-electron chi connectivity index (χ4n) is 2.46. The Labute approximate surface area is 131 Å². The molecule has 0 aliphatic heterocycles. The summed E-state index contributed by atoms with van der Waals surface area (Å²) in [6, 6.07) is 0. The third kappa shape index (κ3) is 8.80. The molecule has 1 saturated carbocycles. The van der Waals surface area contributed by atoms with Crippen molar-refractivity contribution in [3.8, 4) is 0 Å². The van der Waals surface area contributed by atoms with Crippen LogP contribution in [0.3, 0.4) is 0 Å². The molecule has 1 fully saturated rings. The first-order valence-corrected chi connectivity index (χ1v) is 8.52. The van der Waals surface area contributed by atoms with Crippen LogP contribution in [0.1, 0.15) is 67.2 Å². The highest BCUT2D eigenvalue weighted by Gasteiger charge is 2.37. The molecule has 0 spiro atoms. The first-order chi connectivity index (χ1) is 9.68. The zero-order chi connectivity index (χ0) is 15.9. The van der Waals surface area contributed by atoms with Crippen molar-refractivity contribution >= 4 is 0 Å². The van der Waals surface area contributed by atoms with Crippen molar-refractivity contribution in [2.24, 2.45) is 11.3 Å². The van der Waals surface area contributed by atoms with E-state index in [1.165, 1.54) is 12.8 Å². The molecule has 126 valence electrons. The van der Waals surface area contributed by atoms with Crippen molar-refractivity contribution in [3.05, 3.63) is 0 Å². The van der Waals surface area contributed by atoms with E-state index >= 15 is 0 Å². The monoisotopic (exact) mass is 300 g/mol. The van der Waals surface area contributed by atoms with Crippen LogP contribution in [0.4, 0.5) is 0 Å². The molecule has 0 aromatic rings. The maximum Gasteiger partial charge on any atom is 0.0598 e. The third-order valence-corrected chi connectivity index (χ3v) is 4.07. The summed E-state index contributed by atoms with van der Waals surface area (Å²) >= 11 is 0. The van der Waals surface area contributed by atoms with Crippen LogP contribution in [0.5, 0.6) is 0 Å². The van der Waals surface area contributed by atoms with Gasteiger partial charge in [0.05, 0.1) is 11.7 Å². The zero-order valence-electron chi connectivity index (χ0n) is 15.0. The Hall–Kier alpha value is -0.120. The predicted octanol–water partition coefficient (Wildman–Crippen LogP) is 4.44. The summed E-state index contributed by atoms with van der Waals surface area (Å²) in [6.07, 6.45) is 4.92. The van der Waals surface area contributed by atoms with Gasteiger partial charge in [-0.05, 0) is 57.8 Å². The molecule has 0 N–H and O–H groups in total. The Morgan fingerprint density at radius 3 is 1.90 bits per heavy atom. The number of hydrogen-bond donors (Lipinski definition) is 0. The van der Waals surface area contributed by atoms with Crippen LogP contribution < -0.4 is 0 Å². The van der Waals surface area contributed by atoms with E-state index < -0.39 is 0 Å². The summed E-state index contributed by atoms with van der Waals surface area (Å²) < 4.78 is 17.1. The Bertz CT molecular complexity index is 269. The van der Waals surface area contributed by atoms with Gasteiger partial charge in [-0.15, -0.1) is 0 Å². The molecule has 1 aliphatic rings. The van der Waals surface area contributed by atoms with Crippen molar-refractivity contribution in [3.63, 3.8) is 0 Å². The lowest BCUT2D eigenvalue weighted by molar-refractivity contribution is -0.0669. The summed E-state index contributed by atoms with van der Waals surface area (Å²) in [5.74, 6) is 0.835. The Morgan fingerprint density at radius 2 is 1.38 bits per heavy atom. The Balaban J connectivity index is 1.82. The summed E-state index contributed by atoms with van der Waals surface area (Å²) in [5, 5.41) is 0. The van der Waals surface area contributed by atoms with Gasteiger partial charge >= 0.3 is 0 Å². The molecule has 21 heavy (non-hydrogen) atoms. The van der Waals surface area contributed by atoms with Gasteiger partial charge in [-0.25, -0.2) is 0 Å². The Kier molecular flexibility index (Phi) is 7.66. The van der Waals surface area contributed by atoms with Crippen molar-refractivity contribution in [2.75, 3.05) is 26.4 Å². The Morgan fingerprint density at radius 1 is 0.810 bits per heavy atom. The highest BCUT2D eigenvalue weighted by atomic mass is 16.5. The number of rotatable bonds is 9. The predicted molar refractivity (Wildman–Crippen MR) is 87.7 cm³/mol. The van der Waals surface area contributed by atoms with Crippen LogP contribution >= 0.6 is 0 Å². The maximum absolute atomic E-state index is 5.87. The molecule has 0 aromatic carbocycles. The molecule has 1 aliphatic carbocycles. The van der Waals surface area contributed by atoms with E-state index in [1.54, 1.807) is 0 Å². The summed E-state index contributed by atoms with van der Waals surface area (Å²) in [6.45, 7) is 16.4. The van der Waals surface area contributed by atoms with Crippen LogP contribution in [-0.2, 0) is 14.2 Å². The van der Waals surface area contributed by atoms with E-state index in [4.69, 9.17) is 14.2 Å². The van der Waals surface area contributed by atoms with Gasteiger partial charge in [-0.2, -0.15) is 0 Å². The first-order valence-electron chi connectivity index (χ1n) is 8.52. The molecular formula is C18H36O3. The van der Waals surface area contributed by atoms with Gasteiger partial charge in [0, 0.05) is 26.4 Å². The number of ether oxygens (including phenoxy) is 3. The molecule has 0 atom stereocenters. The number of hydrogen-bond acceptors (Lipinski definition) is 3. The van der Waals surface area contributed by atoms with E-state index in [1.807, 2.05) is 0 Å². The molecule has 1 rings (SSSR count). The van der Waals surface area contributed by atoms with E-state index in [0.717, 1.165) is 45.2 Å². The SMILES string of the molecule is CC(C)(C)OCCCOCCCOC1CC(C(C)(C)C)C1. The summed E-state index contributed by atoms with van der Waals surface area (Å²) in [5.41, 5.74) is 0.402. The van der Waals surface area contributed by atoms with Crippen molar-refractivity contribution in [1.29, 1.82) is 0 Å². The maximum atomic E-state index is 5.87. The molecule has 0 amide bonds. The smallest absolute Gasteiger partial charge is 0.0598 e. The minimum Gasteiger partial charge on any atom is -0.381 e. The molecule has 0 heterocycles. The molecule has 0 aromatic heterocycles. The quantitative estimate of drug-likeness (QED) is 0.589. The van der Waals surface area contributed by atoms with Gasteiger partial charge in [0.2, 0.25) is 0 Å². The average molecular weight is 300 g/mol. The fourth-order valence-corrected chi connectivity index (χ4v) is 2.46. The van der Waals surface area contributed by atoms with Gasteiger partial charge in [-0.3, -0.25) is 0 Å². The van der Waals surface area contributed by atoms with Crippen molar-refractivity contribution in [2.45, 2.75) is 78.9 Å². The van der Waals surface area contributed by atoms with E-state index in [0.29, 0.717) is 11.5 Å². The van der Waals surface area contributed by atoms with Crippen LogP contribution in [0.2, 0.25) is 0 Å². The van der Waals surface area contributed by atoms with E-state index in [2.05, 4.69) is 41.5 Å². The average Bonchev–Trinajstić information content (AvgIpc) is 2.25. The van der Waals surface area contributed by atoms with Crippen LogP contribution in [-0.4, -0.2) is 38.1 Å². The zero-order valence-corrected chi connectivity index (χ0v) is 15.0. The lowest BCUT2D eigenvalue weighted by Gasteiger charge is -2.43. The molecular weight excluding hydrogens is 264 g/mol. The van der Waals surface area contributed by atoms with Crippen molar-refractivity contribution in [1.82, 2.24) is 0 Å². The fraction of sp³-hybridized carbons (Fsp3) is 1.00. The molecule has 3 nitrogen and oxygen atoms in total. The topological polar surface area (TPSA) is 27.7 Å². The molecule has 0 unspecified atom stereocenters. The molecule has 0 radical (unpaired) electrons. The lowest BCUT2D eigenvalue weighted by Crippen LogP contribution is -2.39. The largest absolute Gasteiger partial charge is 0.381 e.